The molecule has 0 aromatic carbocycles. The standard InChI is InChI=1S/C28H37ClN6O2/c1-20-19-22(32-37-20)24-23(25(29)35(31-24)21-5-12-30-13-6-21)26(36)34-17-10-28(11-18-34)8-15-33(16-9-28)14-7-27(2,3)4/h5-6,12-13,19H,7-11,14-18H2,1-4H3. The van der Waals surface area contributed by atoms with Crippen LogP contribution in [-0.2, 0) is 0 Å². The minimum atomic E-state index is -0.0987. The number of likely N-dealkylation sites (tertiary alicyclic amines) is 2. The van der Waals surface area contributed by atoms with E-state index in [1.54, 1.807) is 23.1 Å². The number of amides is 1. The summed E-state index contributed by atoms with van der Waals surface area (Å²) < 4.78 is 6.87. The van der Waals surface area contributed by atoms with E-state index in [-0.39, 0.29) is 11.1 Å². The maximum absolute atomic E-state index is 13.9. The van der Waals surface area contributed by atoms with Crippen LogP contribution < -0.4 is 0 Å². The first-order valence-electron chi connectivity index (χ1n) is 13.3. The van der Waals surface area contributed by atoms with Crippen molar-refractivity contribution in [3.63, 3.8) is 0 Å². The Hall–Kier alpha value is -2.71. The molecule has 0 atom stereocenters. The molecule has 2 fully saturated rings. The number of hydrogen-bond donors (Lipinski definition) is 0. The Kier molecular flexibility index (Phi) is 7.16. The molecule has 2 aliphatic rings. The van der Waals surface area contributed by atoms with Crippen molar-refractivity contribution in [2.45, 2.75) is 59.8 Å². The SMILES string of the molecule is Cc1cc(-c2nn(-c3ccncc3)c(Cl)c2C(=O)N2CCC3(CCN(CCC(C)(C)C)CC3)CC2)no1. The van der Waals surface area contributed by atoms with E-state index in [0.29, 0.717) is 33.5 Å². The summed E-state index contributed by atoms with van der Waals surface area (Å²) >= 11 is 6.82. The summed E-state index contributed by atoms with van der Waals surface area (Å²) in [6.07, 6.45) is 9.05. The van der Waals surface area contributed by atoms with E-state index in [2.05, 4.69) is 40.9 Å². The third kappa shape index (κ3) is 5.60. The van der Waals surface area contributed by atoms with Crippen LogP contribution in [0.3, 0.4) is 0 Å². The monoisotopic (exact) mass is 524 g/mol. The molecule has 0 radical (unpaired) electrons. The summed E-state index contributed by atoms with van der Waals surface area (Å²) in [6.45, 7) is 13.7. The molecule has 0 aliphatic carbocycles. The summed E-state index contributed by atoms with van der Waals surface area (Å²) in [5.41, 5.74) is 2.77. The third-order valence-electron chi connectivity index (χ3n) is 8.03. The van der Waals surface area contributed by atoms with Gasteiger partial charge in [-0.25, -0.2) is 4.68 Å². The first-order valence-corrected chi connectivity index (χ1v) is 13.7. The molecule has 9 heteroatoms. The molecule has 37 heavy (non-hydrogen) atoms. The van der Waals surface area contributed by atoms with Crippen molar-refractivity contribution in [3.8, 4) is 17.1 Å². The fraction of sp³-hybridized carbons (Fsp3) is 0.571. The number of hydrogen-bond acceptors (Lipinski definition) is 6. The number of halogens is 1. The molecule has 0 unspecified atom stereocenters. The Balaban J connectivity index is 1.31. The number of carbonyl (C=O) groups excluding carboxylic acids is 1. The van der Waals surface area contributed by atoms with Gasteiger partial charge in [-0.05, 0) is 81.6 Å². The van der Waals surface area contributed by atoms with Gasteiger partial charge in [0.1, 0.15) is 27.9 Å². The predicted octanol–water partition coefficient (Wildman–Crippen LogP) is 5.64. The second kappa shape index (κ2) is 10.2. The van der Waals surface area contributed by atoms with Crippen molar-refractivity contribution < 1.29 is 9.32 Å². The van der Waals surface area contributed by atoms with E-state index < -0.39 is 0 Å². The van der Waals surface area contributed by atoms with Crippen LogP contribution in [-0.4, -0.2) is 68.4 Å². The molecule has 5 heterocycles. The van der Waals surface area contributed by atoms with Crippen LogP contribution in [0.1, 0.15) is 69.0 Å². The lowest BCUT2D eigenvalue weighted by Gasteiger charge is -2.47. The molecular weight excluding hydrogens is 488 g/mol. The highest BCUT2D eigenvalue weighted by molar-refractivity contribution is 6.34. The molecule has 0 N–H and O–H groups in total. The molecule has 8 nitrogen and oxygen atoms in total. The quantitative estimate of drug-likeness (QED) is 0.430. The fourth-order valence-electron chi connectivity index (χ4n) is 5.49. The van der Waals surface area contributed by atoms with Gasteiger partial charge in [-0.1, -0.05) is 37.5 Å². The lowest BCUT2D eigenvalue weighted by molar-refractivity contribution is 0.0283. The summed E-state index contributed by atoms with van der Waals surface area (Å²) in [5.74, 6) is 0.551. The number of nitrogens with zero attached hydrogens (tertiary/aromatic N) is 6. The number of carbonyl (C=O) groups is 1. The second-order valence-electron chi connectivity index (χ2n) is 11.9. The van der Waals surface area contributed by atoms with Crippen molar-refractivity contribution in [2.75, 3.05) is 32.7 Å². The van der Waals surface area contributed by atoms with Gasteiger partial charge in [0, 0.05) is 31.5 Å². The topological polar surface area (TPSA) is 80.3 Å². The lowest BCUT2D eigenvalue weighted by atomic mass is 9.71. The van der Waals surface area contributed by atoms with Gasteiger partial charge in [0.15, 0.2) is 0 Å². The highest BCUT2D eigenvalue weighted by Gasteiger charge is 2.40. The molecule has 0 saturated carbocycles. The number of piperidine rings is 2. The Labute approximate surface area is 224 Å². The van der Waals surface area contributed by atoms with Gasteiger partial charge in [-0.2, -0.15) is 5.10 Å². The van der Waals surface area contributed by atoms with Crippen molar-refractivity contribution in [1.82, 2.24) is 29.7 Å². The van der Waals surface area contributed by atoms with Crippen LogP contribution in [0.2, 0.25) is 5.15 Å². The van der Waals surface area contributed by atoms with E-state index in [0.717, 1.165) is 44.7 Å². The maximum atomic E-state index is 13.9. The van der Waals surface area contributed by atoms with Gasteiger partial charge in [-0.15, -0.1) is 0 Å². The van der Waals surface area contributed by atoms with Crippen LogP contribution in [0.15, 0.2) is 35.1 Å². The van der Waals surface area contributed by atoms with E-state index in [1.165, 1.54) is 25.8 Å². The van der Waals surface area contributed by atoms with Crippen molar-refractivity contribution in [3.05, 3.63) is 47.1 Å². The molecule has 0 bridgehead atoms. The van der Waals surface area contributed by atoms with Crippen molar-refractivity contribution in [1.29, 1.82) is 0 Å². The lowest BCUT2D eigenvalue weighted by Crippen LogP contribution is -2.48. The van der Waals surface area contributed by atoms with E-state index in [4.69, 9.17) is 16.1 Å². The summed E-state index contributed by atoms with van der Waals surface area (Å²) in [6, 6.07) is 5.40. The molecule has 3 aromatic heterocycles. The highest BCUT2D eigenvalue weighted by atomic mass is 35.5. The largest absolute Gasteiger partial charge is 0.361 e. The number of pyridine rings is 1. The zero-order valence-electron chi connectivity index (χ0n) is 22.3. The fourth-order valence-corrected chi connectivity index (χ4v) is 5.79. The van der Waals surface area contributed by atoms with Crippen LogP contribution in [0.4, 0.5) is 0 Å². The van der Waals surface area contributed by atoms with E-state index in [9.17, 15) is 4.79 Å². The molecule has 3 aromatic rings. The van der Waals surface area contributed by atoms with Gasteiger partial charge in [0.25, 0.3) is 5.91 Å². The average Bonchev–Trinajstić information content (AvgIpc) is 3.46. The number of aryl methyl sites for hydroxylation is 1. The molecule has 2 aliphatic heterocycles. The highest BCUT2D eigenvalue weighted by Crippen LogP contribution is 2.42. The minimum absolute atomic E-state index is 0.0987. The smallest absolute Gasteiger partial charge is 0.259 e. The predicted molar refractivity (Wildman–Crippen MR) is 144 cm³/mol. The van der Waals surface area contributed by atoms with Gasteiger partial charge >= 0.3 is 0 Å². The summed E-state index contributed by atoms with van der Waals surface area (Å²) in [5, 5.41) is 9.09. The van der Waals surface area contributed by atoms with Gasteiger partial charge in [0.2, 0.25) is 0 Å². The van der Waals surface area contributed by atoms with Crippen LogP contribution in [0, 0.1) is 17.8 Å². The van der Waals surface area contributed by atoms with E-state index in [1.807, 2.05) is 24.0 Å². The Morgan fingerprint density at radius 3 is 2.32 bits per heavy atom. The third-order valence-corrected chi connectivity index (χ3v) is 8.38. The molecule has 198 valence electrons. The first kappa shape index (κ1) is 25.9. The van der Waals surface area contributed by atoms with Gasteiger partial charge in [-0.3, -0.25) is 9.78 Å². The average molecular weight is 525 g/mol. The molecule has 1 spiro atoms. The molecule has 5 rings (SSSR count). The van der Waals surface area contributed by atoms with Crippen LogP contribution in [0.5, 0.6) is 0 Å². The zero-order valence-corrected chi connectivity index (χ0v) is 23.1. The van der Waals surface area contributed by atoms with Crippen LogP contribution in [0.25, 0.3) is 17.1 Å². The minimum Gasteiger partial charge on any atom is -0.361 e. The molecular formula is C28H37ClN6O2. The van der Waals surface area contributed by atoms with Crippen molar-refractivity contribution in [2.24, 2.45) is 10.8 Å². The second-order valence-corrected chi connectivity index (χ2v) is 12.3. The van der Waals surface area contributed by atoms with Crippen LogP contribution >= 0.6 is 11.6 Å². The summed E-state index contributed by atoms with van der Waals surface area (Å²) in [4.78, 5) is 22.5. The van der Waals surface area contributed by atoms with E-state index >= 15 is 0 Å². The van der Waals surface area contributed by atoms with Crippen molar-refractivity contribution >= 4 is 17.5 Å². The molecule has 2 saturated heterocycles. The molecule has 1 amide bonds. The number of rotatable bonds is 5. The first-order chi connectivity index (χ1) is 17.6. The van der Waals surface area contributed by atoms with Gasteiger partial charge in [0.05, 0.1) is 5.69 Å². The normalized spacial score (nSPS) is 18.5. The van der Waals surface area contributed by atoms with Gasteiger partial charge < -0.3 is 14.3 Å². The summed E-state index contributed by atoms with van der Waals surface area (Å²) in [7, 11) is 0. The maximum Gasteiger partial charge on any atom is 0.259 e. The Bertz CT molecular complexity index is 1230. The Morgan fingerprint density at radius 1 is 1.08 bits per heavy atom. The zero-order chi connectivity index (χ0) is 26.2. The number of aromatic nitrogens is 4. The Morgan fingerprint density at radius 2 is 1.73 bits per heavy atom.